The van der Waals surface area contributed by atoms with Crippen molar-refractivity contribution in [1.82, 2.24) is 9.80 Å². The predicted octanol–water partition coefficient (Wildman–Crippen LogP) is 2.49. The molecule has 1 aromatic rings. The molecular weight excluding hydrogens is 246 g/mol. The Morgan fingerprint density at radius 1 is 1.15 bits per heavy atom. The van der Waals surface area contributed by atoms with E-state index < -0.39 is 0 Å². The zero-order valence-corrected chi connectivity index (χ0v) is 12.8. The Hall–Kier alpha value is -0.900. The monoisotopic (exact) mass is 275 g/mol. The lowest BCUT2D eigenvalue weighted by atomic mass is 10.0. The van der Waals surface area contributed by atoms with Crippen LogP contribution in [0.15, 0.2) is 30.3 Å². The maximum atomic E-state index is 6.23. The van der Waals surface area contributed by atoms with Crippen molar-refractivity contribution in [2.24, 2.45) is 5.73 Å². The van der Waals surface area contributed by atoms with Crippen LogP contribution in [-0.4, -0.2) is 49.6 Å². The van der Waals surface area contributed by atoms with Gasteiger partial charge in [0.25, 0.3) is 0 Å². The number of likely N-dealkylation sites (tertiary alicyclic amines) is 1. The van der Waals surface area contributed by atoms with E-state index in [-0.39, 0.29) is 6.04 Å². The van der Waals surface area contributed by atoms with E-state index >= 15 is 0 Å². The number of hydrogen-bond acceptors (Lipinski definition) is 3. The van der Waals surface area contributed by atoms with E-state index in [4.69, 9.17) is 5.73 Å². The summed E-state index contributed by atoms with van der Waals surface area (Å²) >= 11 is 0. The van der Waals surface area contributed by atoms with E-state index in [1.165, 1.54) is 51.0 Å². The van der Waals surface area contributed by atoms with Crippen LogP contribution < -0.4 is 5.73 Å². The summed E-state index contributed by atoms with van der Waals surface area (Å²) in [6, 6.07) is 10.6. The number of rotatable bonds is 8. The van der Waals surface area contributed by atoms with Crippen LogP contribution in [0.4, 0.5) is 0 Å². The molecule has 1 aromatic carbocycles. The van der Waals surface area contributed by atoms with Crippen molar-refractivity contribution in [2.75, 3.05) is 39.8 Å². The van der Waals surface area contributed by atoms with Crippen molar-refractivity contribution in [3.63, 3.8) is 0 Å². The van der Waals surface area contributed by atoms with E-state index in [1.807, 2.05) is 6.07 Å². The Bertz CT molecular complexity index is 360. The van der Waals surface area contributed by atoms with Crippen LogP contribution in [0.5, 0.6) is 0 Å². The fraction of sp³-hybridized carbons (Fsp3) is 0.647. The van der Waals surface area contributed by atoms with Gasteiger partial charge in [-0.1, -0.05) is 30.3 Å². The van der Waals surface area contributed by atoms with Gasteiger partial charge in [0.05, 0.1) is 0 Å². The van der Waals surface area contributed by atoms with Crippen LogP contribution in [0.3, 0.4) is 0 Å². The molecule has 112 valence electrons. The van der Waals surface area contributed by atoms with Gasteiger partial charge in [-0.15, -0.1) is 0 Å². The first kappa shape index (κ1) is 15.5. The smallest absolute Gasteiger partial charge is 0.0295 e. The van der Waals surface area contributed by atoms with Crippen molar-refractivity contribution >= 4 is 0 Å². The van der Waals surface area contributed by atoms with Gasteiger partial charge >= 0.3 is 0 Å². The van der Waals surface area contributed by atoms with Crippen molar-refractivity contribution in [3.05, 3.63) is 35.9 Å². The summed E-state index contributed by atoms with van der Waals surface area (Å²) in [5.74, 6) is 0. The van der Waals surface area contributed by atoms with Crippen LogP contribution in [0.25, 0.3) is 0 Å². The van der Waals surface area contributed by atoms with Gasteiger partial charge in [0.15, 0.2) is 0 Å². The minimum Gasteiger partial charge on any atom is -0.324 e. The van der Waals surface area contributed by atoms with Crippen molar-refractivity contribution in [2.45, 2.75) is 31.7 Å². The molecule has 1 fully saturated rings. The molecule has 1 unspecified atom stereocenters. The van der Waals surface area contributed by atoms with Gasteiger partial charge in [-0.25, -0.2) is 0 Å². The molecule has 3 heteroatoms. The number of hydrogen-bond donors (Lipinski definition) is 1. The molecular formula is C17H29N3. The molecule has 20 heavy (non-hydrogen) atoms. The van der Waals surface area contributed by atoms with Crippen LogP contribution in [0.1, 0.15) is 37.3 Å². The minimum atomic E-state index is 0.184. The van der Waals surface area contributed by atoms with Gasteiger partial charge in [-0.2, -0.15) is 0 Å². The topological polar surface area (TPSA) is 32.5 Å². The summed E-state index contributed by atoms with van der Waals surface area (Å²) in [5.41, 5.74) is 7.48. The van der Waals surface area contributed by atoms with Crippen LogP contribution in [0, 0.1) is 0 Å². The number of benzene rings is 1. The highest BCUT2D eigenvalue weighted by molar-refractivity contribution is 5.18. The van der Waals surface area contributed by atoms with Gasteiger partial charge in [-0.3, -0.25) is 0 Å². The molecule has 0 radical (unpaired) electrons. The number of likely N-dealkylation sites (N-methyl/N-ethyl adjacent to an activating group) is 1. The fourth-order valence-corrected chi connectivity index (χ4v) is 2.88. The van der Waals surface area contributed by atoms with E-state index in [1.54, 1.807) is 0 Å². The quantitative estimate of drug-likeness (QED) is 0.791. The molecule has 3 nitrogen and oxygen atoms in total. The molecule has 1 aliphatic heterocycles. The molecule has 0 amide bonds. The van der Waals surface area contributed by atoms with Gasteiger partial charge in [0, 0.05) is 19.1 Å². The lowest BCUT2D eigenvalue weighted by Crippen LogP contribution is -2.32. The molecule has 1 aliphatic rings. The normalized spacial score (nSPS) is 17.8. The minimum absolute atomic E-state index is 0.184. The van der Waals surface area contributed by atoms with Gasteiger partial charge in [0.1, 0.15) is 0 Å². The lowest BCUT2D eigenvalue weighted by molar-refractivity contribution is 0.253. The van der Waals surface area contributed by atoms with Crippen molar-refractivity contribution in [1.29, 1.82) is 0 Å². The van der Waals surface area contributed by atoms with E-state index in [2.05, 4.69) is 41.1 Å². The SMILES string of the molecule is CN(CCCC(N)c1ccccc1)CCN1CCCC1. The lowest BCUT2D eigenvalue weighted by Gasteiger charge is -2.22. The Morgan fingerprint density at radius 3 is 2.55 bits per heavy atom. The second kappa shape index (κ2) is 8.40. The first-order chi connectivity index (χ1) is 9.75. The maximum Gasteiger partial charge on any atom is 0.0295 e. The first-order valence-electron chi connectivity index (χ1n) is 7.97. The first-order valence-corrected chi connectivity index (χ1v) is 7.97. The Balaban J connectivity index is 1.57. The van der Waals surface area contributed by atoms with Crippen LogP contribution in [-0.2, 0) is 0 Å². The van der Waals surface area contributed by atoms with Crippen LogP contribution >= 0.6 is 0 Å². The average molecular weight is 275 g/mol. The highest BCUT2D eigenvalue weighted by Gasteiger charge is 2.12. The van der Waals surface area contributed by atoms with Crippen LogP contribution in [0.2, 0.25) is 0 Å². The summed E-state index contributed by atoms with van der Waals surface area (Å²) < 4.78 is 0. The van der Waals surface area contributed by atoms with Gasteiger partial charge in [-0.05, 0) is 57.9 Å². The third-order valence-corrected chi connectivity index (χ3v) is 4.28. The Kier molecular flexibility index (Phi) is 6.51. The second-order valence-corrected chi connectivity index (χ2v) is 6.01. The fourth-order valence-electron chi connectivity index (χ4n) is 2.88. The highest BCUT2D eigenvalue weighted by Crippen LogP contribution is 2.15. The van der Waals surface area contributed by atoms with Crippen molar-refractivity contribution in [3.8, 4) is 0 Å². The van der Waals surface area contributed by atoms with E-state index in [9.17, 15) is 0 Å². The Morgan fingerprint density at radius 2 is 1.85 bits per heavy atom. The molecule has 2 rings (SSSR count). The average Bonchev–Trinajstić information content (AvgIpc) is 2.99. The summed E-state index contributed by atoms with van der Waals surface area (Å²) in [7, 11) is 2.23. The third-order valence-electron chi connectivity index (χ3n) is 4.28. The largest absolute Gasteiger partial charge is 0.324 e. The molecule has 1 heterocycles. The summed E-state index contributed by atoms with van der Waals surface area (Å²) in [4.78, 5) is 5.02. The third kappa shape index (κ3) is 5.23. The summed E-state index contributed by atoms with van der Waals surface area (Å²) in [6.07, 6.45) is 5.01. The van der Waals surface area contributed by atoms with Gasteiger partial charge < -0.3 is 15.5 Å². The summed E-state index contributed by atoms with van der Waals surface area (Å²) in [5, 5.41) is 0. The zero-order valence-electron chi connectivity index (χ0n) is 12.8. The van der Waals surface area contributed by atoms with Gasteiger partial charge in [0.2, 0.25) is 0 Å². The van der Waals surface area contributed by atoms with E-state index in [0.29, 0.717) is 0 Å². The number of nitrogens with two attached hydrogens (primary N) is 1. The molecule has 0 bridgehead atoms. The summed E-state index contributed by atoms with van der Waals surface area (Å²) in [6.45, 7) is 6.15. The molecule has 0 aromatic heterocycles. The predicted molar refractivity (Wildman–Crippen MR) is 85.8 cm³/mol. The highest BCUT2D eigenvalue weighted by atomic mass is 15.2. The second-order valence-electron chi connectivity index (χ2n) is 6.01. The standard InChI is InChI=1S/C17H29N3/c1-19(14-15-20-12-5-6-13-20)11-7-10-17(18)16-8-3-2-4-9-16/h2-4,8-9,17H,5-7,10-15,18H2,1H3. The molecule has 0 spiro atoms. The number of nitrogens with zero attached hydrogens (tertiary/aromatic N) is 2. The molecule has 1 atom stereocenters. The van der Waals surface area contributed by atoms with Crippen molar-refractivity contribution < 1.29 is 0 Å². The molecule has 0 aliphatic carbocycles. The maximum absolute atomic E-state index is 6.23. The molecule has 2 N–H and O–H groups in total. The molecule has 1 saturated heterocycles. The van der Waals surface area contributed by atoms with E-state index in [0.717, 1.165) is 13.0 Å². The Labute approximate surface area is 123 Å². The zero-order chi connectivity index (χ0) is 14.2. The molecule has 0 saturated carbocycles.